The summed E-state index contributed by atoms with van der Waals surface area (Å²) < 4.78 is 1.59. The molecule has 0 fully saturated rings. The lowest BCUT2D eigenvalue weighted by molar-refractivity contribution is 0.0696. The topological polar surface area (TPSA) is 68.0 Å². The van der Waals surface area contributed by atoms with E-state index in [0.29, 0.717) is 5.69 Å². The van der Waals surface area contributed by atoms with Gasteiger partial charge in [-0.1, -0.05) is 0 Å². The molecular formula is C11H11N3O2. The molecule has 0 aliphatic heterocycles. The minimum absolute atomic E-state index is 0.196. The first-order chi connectivity index (χ1) is 7.59. The van der Waals surface area contributed by atoms with Gasteiger partial charge in [-0.2, -0.15) is 5.10 Å². The quantitative estimate of drug-likeness (QED) is 0.829. The molecule has 1 N–H and O–H groups in total. The van der Waals surface area contributed by atoms with Crippen LogP contribution in [0.2, 0.25) is 0 Å². The number of aryl methyl sites for hydroxylation is 2. The summed E-state index contributed by atoms with van der Waals surface area (Å²) in [6.07, 6.45) is 2.96. The van der Waals surface area contributed by atoms with Gasteiger partial charge in [-0.25, -0.2) is 9.48 Å². The van der Waals surface area contributed by atoms with E-state index in [1.807, 2.05) is 19.9 Å². The highest BCUT2D eigenvalue weighted by molar-refractivity contribution is 5.91. The smallest absolute Gasteiger partial charge is 0.338 e. The van der Waals surface area contributed by atoms with Crippen molar-refractivity contribution in [3.63, 3.8) is 0 Å². The number of pyridine rings is 1. The SMILES string of the molecule is Cc1cc(C)n(-c2cnccc2C(=O)O)n1. The Hall–Kier alpha value is -2.17. The highest BCUT2D eigenvalue weighted by Gasteiger charge is 2.13. The van der Waals surface area contributed by atoms with E-state index in [1.165, 1.54) is 18.5 Å². The fraction of sp³-hybridized carbons (Fsp3) is 0.182. The van der Waals surface area contributed by atoms with Crippen molar-refractivity contribution in [2.45, 2.75) is 13.8 Å². The lowest BCUT2D eigenvalue weighted by Crippen LogP contribution is -2.08. The molecule has 0 saturated carbocycles. The molecule has 0 unspecified atom stereocenters. The fourth-order valence-electron chi connectivity index (χ4n) is 1.61. The van der Waals surface area contributed by atoms with Crippen molar-refractivity contribution in [1.82, 2.24) is 14.8 Å². The van der Waals surface area contributed by atoms with Crippen LogP contribution in [0.5, 0.6) is 0 Å². The van der Waals surface area contributed by atoms with Crippen LogP contribution in [0.3, 0.4) is 0 Å². The third-order valence-electron chi connectivity index (χ3n) is 2.27. The molecule has 0 spiro atoms. The number of aromatic nitrogens is 3. The second kappa shape index (κ2) is 3.77. The van der Waals surface area contributed by atoms with Gasteiger partial charge in [0.05, 0.1) is 23.1 Å². The van der Waals surface area contributed by atoms with Crippen LogP contribution in [0, 0.1) is 13.8 Å². The summed E-state index contributed by atoms with van der Waals surface area (Å²) in [6.45, 7) is 3.74. The zero-order valence-corrected chi connectivity index (χ0v) is 9.01. The van der Waals surface area contributed by atoms with Crippen LogP contribution in [0.15, 0.2) is 24.5 Å². The summed E-state index contributed by atoms with van der Waals surface area (Å²) in [5.74, 6) is -0.982. The molecule has 82 valence electrons. The van der Waals surface area contributed by atoms with Gasteiger partial charge in [0, 0.05) is 11.9 Å². The van der Waals surface area contributed by atoms with Crippen LogP contribution in [0.4, 0.5) is 0 Å². The van der Waals surface area contributed by atoms with Crippen molar-refractivity contribution in [3.05, 3.63) is 41.5 Å². The summed E-state index contributed by atoms with van der Waals surface area (Å²) in [5, 5.41) is 13.3. The standard InChI is InChI=1S/C11H11N3O2/c1-7-5-8(2)14(13-7)10-6-12-4-3-9(10)11(15)16/h3-6H,1-2H3,(H,15,16). The molecule has 2 heterocycles. The van der Waals surface area contributed by atoms with Gasteiger partial charge in [0.1, 0.15) is 0 Å². The van der Waals surface area contributed by atoms with Crippen molar-refractivity contribution in [2.75, 3.05) is 0 Å². The Morgan fingerprint density at radius 2 is 2.19 bits per heavy atom. The van der Waals surface area contributed by atoms with Gasteiger partial charge >= 0.3 is 5.97 Å². The highest BCUT2D eigenvalue weighted by Crippen LogP contribution is 2.15. The van der Waals surface area contributed by atoms with Gasteiger partial charge in [0.15, 0.2) is 0 Å². The van der Waals surface area contributed by atoms with Crippen LogP contribution in [0.1, 0.15) is 21.7 Å². The van der Waals surface area contributed by atoms with Crippen LogP contribution >= 0.6 is 0 Å². The van der Waals surface area contributed by atoms with Crippen molar-refractivity contribution < 1.29 is 9.90 Å². The molecular weight excluding hydrogens is 206 g/mol. The number of rotatable bonds is 2. The molecule has 0 radical (unpaired) electrons. The zero-order chi connectivity index (χ0) is 11.7. The predicted octanol–water partition coefficient (Wildman–Crippen LogP) is 1.58. The van der Waals surface area contributed by atoms with E-state index in [9.17, 15) is 4.79 Å². The Balaban J connectivity index is 2.64. The third kappa shape index (κ3) is 1.67. The highest BCUT2D eigenvalue weighted by atomic mass is 16.4. The van der Waals surface area contributed by atoms with E-state index in [4.69, 9.17) is 5.11 Å². The third-order valence-corrected chi connectivity index (χ3v) is 2.27. The lowest BCUT2D eigenvalue weighted by atomic mass is 10.2. The molecule has 0 atom stereocenters. The number of carboxylic acid groups (broad SMARTS) is 1. The average Bonchev–Trinajstić information content (AvgIpc) is 2.57. The molecule has 0 aromatic carbocycles. The summed E-state index contributed by atoms with van der Waals surface area (Å²) in [6, 6.07) is 3.35. The Morgan fingerprint density at radius 1 is 1.44 bits per heavy atom. The second-order valence-electron chi connectivity index (χ2n) is 3.54. The number of carbonyl (C=O) groups is 1. The average molecular weight is 217 g/mol. The van der Waals surface area contributed by atoms with E-state index >= 15 is 0 Å². The van der Waals surface area contributed by atoms with E-state index in [2.05, 4.69) is 10.1 Å². The molecule has 5 nitrogen and oxygen atoms in total. The van der Waals surface area contributed by atoms with Gasteiger partial charge in [0.25, 0.3) is 0 Å². The first-order valence-electron chi connectivity index (χ1n) is 4.80. The maximum absolute atomic E-state index is 11.0. The normalized spacial score (nSPS) is 10.4. The van der Waals surface area contributed by atoms with E-state index in [-0.39, 0.29) is 5.56 Å². The van der Waals surface area contributed by atoms with Crippen LogP contribution in [0.25, 0.3) is 5.69 Å². The van der Waals surface area contributed by atoms with Gasteiger partial charge in [0.2, 0.25) is 0 Å². The molecule has 2 aromatic heterocycles. The number of nitrogens with zero attached hydrogens (tertiary/aromatic N) is 3. The first kappa shape index (κ1) is 10.4. The monoisotopic (exact) mass is 217 g/mol. The van der Waals surface area contributed by atoms with E-state index in [0.717, 1.165) is 11.4 Å². The fourth-order valence-corrected chi connectivity index (χ4v) is 1.61. The summed E-state index contributed by atoms with van der Waals surface area (Å²) in [4.78, 5) is 15.0. The molecule has 2 aromatic rings. The molecule has 16 heavy (non-hydrogen) atoms. The van der Waals surface area contributed by atoms with Crippen molar-refractivity contribution in [2.24, 2.45) is 0 Å². The van der Waals surface area contributed by atoms with Crippen LogP contribution < -0.4 is 0 Å². The van der Waals surface area contributed by atoms with E-state index in [1.54, 1.807) is 4.68 Å². The minimum atomic E-state index is -0.982. The predicted molar refractivity (Wildman–Crippen MR) is 57.8 cm³/mol. The van der Waals surface area contributed by atoms with Gasteiger partial charge in [-0.15, -0.1) is 0 Å². The Bertz CT molecular complexity index is 546. The Labute approximate surface area is 92.4 Å². The number of carboxylic acids is 1. The first-order valence-corrected chi connectivity index (χ1v) is 4.80. The van der Waals surface area contributed by atoms with Crippen LogP contribution in [-0.2, 0) is 0 Å². The summed E-state index contributed by atoms with van der Waals surface area (Å²) in [7, 11) is 0. The summed E-state index contributed by atoms with van der Waals surface area (Å²) >= 11 is 0. The lowest BCUT2D eigenvalue weighted by Gasteiger charge is -2.06. The van der Waals surface area contributed by atoms with Gasteiger partial charge < -0.3 is 5.11 Å². The molecule has 0 aliphatic rings. The maximum atomic E-state index is 11.0. The molecule has 0 saturated heterocycles. The van der Waals surface area contributed by atoms with Crippen molar-refractivity contribution in [3.8, 4) is 5.69 Å². The number of hydrogen-bond donors (Lipinski definition) is 1. The largest absolute Gasteiger partial charge is 0.478 e. The number of hydrogen-bond acceptors (Lipinski definition) is 3. The zero-order valence-electron chi connectivity index (χ0n) is 9.01. The summed E-state index contributed by atoms with van der Waals surface area (Å²) in [5.41, 5.74) is 2.41. The van der Waals surface area contributed by atoms with Gasteiger partial charge in [-0.05, 0) is 26.0 Å². The minimum Gasteiger partial charge on any atom is -0.478 e. The van der Waals surface area contributed by atoms with Gasteiger partial charge in [-0.3, -0.25) is 4.98 Å². The Morgan fingerprint density at radius 3 is 2.75 bits per heavy atom. The van der Waals surface area contributed by atoms with Crippen molar-refractivity contribution >= 4 is 5.97 Å². The molecule has 0 bridgehead atoms. The number of aromatic carboxylic acids is 1. The molecule has 2 rings (SSSR count). The molecule has 5 heteroatoms. The van der Waals surface area contributed by atoms with E-state index < -0.39 is 5.97 Å². The second-order valence-corrected chi connectivity index (χ2v) is 3.54. The molecule has 0 aliphatic carbocycles. The maximum Gasteiger partial charge on any atom is 0.338 e. The van der Waals surface area contributed by atoms with Crippen LogP contribution in [-0.4, -0.2) is 25.8 Å². The molecule has 0 amide bonds. The van der Waals surface area contributed by atoms with Crippen molar-refractivity contribution in [1.29, 1.82) is 0 Å². The Kier molecular flexibility index (Phi) is 2.44.